The molecule has 1 N–H and O–H groups in total. The summed E-state index contributed by atoms with van der Waals surface area (Å²) in [5.74, 6) is 0.607. The van der Waals surface area contributed by atoms with Crippen LogP contribution in [0.2, 0.25) is 0 Å². The molecule has 0 aliphatic carbocycles. The Hall–Kier alpha value is -2.41. The van der Waals surface area contributed by atoms with E-state index in [2.05, 4.69) is 35.1 Å². The van der Waals surface area contributed by atoms with Gasteiger partial charge in [0.2, 0.25) is 0 Å². The fraction of sp³-hybridized carbons (Fsp3) is 0.316. The first-order valence-electron chi connectivity index (χ1n) is 8.16. The summed E-state index contributed by atoms with van der Waals surface area (Å²) in [6.45, 7) is 7.64. The van der Waals surface area contributed by atoms with Crippen LogP contribution in [0.1, 0.15) is 36.5 Å². The zero-order chi connectivity index (χ0) is 19.4. The minimum absolute atomic E-state index is 0.0105. The molecule has 26 heavy (non-hydrogen) atoms. The van der Waals surface area contributed by atoms with E-state index >= 15 is 0 Å². The van der Waals surface area contributed by atoms with Crippen LogP contribution in [0.3, 0.4) is 0 Å². The maximum Gasteiger partial charge on any atom is 0.269 e. The topological polar surface area (TPSA) is 81.5 Å². The number of carbonyl (C=O) groups excluding carboxylic acids is 1. The first-order valence-corrected chi connectivity index (χ1v) is 8.96. The van der Waals surface area contributed by atoms with Crippen molar-refractivity contribution in [1.82, 2.24) is 0 Å². The van der Waals surface area contributed by atoms with E-state index in [-0.39, 0.29) is 24.1 Å². The number of hydrogen-bond donors (Lipinski definition) is 1. The van der Waals surface area contributed by atoms with E-state index in [9.17, 15) is 14.9 Å². The molecule has 2 aromatic rings. The number of nitro groups is 1. The number of anilines is 1. The van der Waals surface area contributed by atoms with Gasteiger partial charge >= 0.3 is 0 Å². The van der Waals surface area contributed by atoms with Crippen molar-refractivity contribution in [3.8, 4) is 5.75 Å². The zero-order valence-corrected chi connectivity index (χ0v) is 16.7. The molecule has 0 fully saturated rings. The fourth-order valence-corrected chi connectivity index (χ4v) is 2.84. The summed E-state index contributed by atoms with van der Waals surface area (Å²) in [6.07, 6.45) is 0. The van der Waals surface area contributed by atoms with Crippen molar-refractivity contribution in [1.29, 1.82) is 0 Å². The average Bonchev–Trinajstić information content (AvgIpc) is 2.57. The van der Waals surface area contributed by atoms with Gasteiger partial charge in [0.25, 0.3) is 11.6 Å². The molecule has 2 rings (SSSR count). The number of carbonyl (C=O) groups is 1. The van der Waals surface area contributed by atoms with Gasteiger partial charge in [-0.1, -0.05) is 29.8 Å². The van der Waals surface area contributed by atoms with E-state index < -0.39 is 4.92 Å². The van der Waals surface area contributed by atoms with Crippen LogP contribution in [0.25, 0.3) is 0 Å². The summed E-state index contributed by atoms with van der Waals surface area (Å²) < 4.78 is 6.73. The minimum Gasteiger partial charge on any atom is -0.483 e. The Kier molecular flexibility index (Phi) is 6.37. The number of nitro benzene ring substituents is 1. The molecular weight excluding hydrogens is 400 g/mol. The van der Waals surface area contributed by atoms with Gasteiger partial charge in [0, 0.05) is 22.3 Å². The first-order chi connectivity index (χ1) is 12.2. The maximum absolute atomic E-state index is 12.2. The molecule has 0 bridgehead atoms. The summed E-state index contributed by atoms with van der Waals surface area (Å²) in [5, 5.41) is 13.5. The smallest absolute Gasteiger partial charge is 0.269 e. The lowest BCUT2D eigenvalue weighted by Crippen LogP contribution is -2.21. The van der Waals surface area contributed by atoms with Crippen LogP contribution in [-0.4, -0.2) is 17.4 Å². The van der Waals surface area contributed by atoms with Crippen molar-refractivity contribution < 1.29 is 14.5 Å². The largest absolute Gasteiger partial charge is 0.483 e. The quantitative estimate of drug-likeness (QED) is 0.519. The number of amides is 1. The van der Waals surface area contributed by atoms with E-state index in [0.717, 1.165) is 15.6 Å². The highest BCUT2D eigenvalue weighted by Gasteiger charge is 2.14. The molecule has 0 unspecified atom stereocenters. The lowest BCUT2D eigenvalue weighted by atomic mass is 10.0. The number of aryl methyl sites for hydroxylation is 2. The van der Waals surface area contributed by atoms with Crippen molar-refractivity contribution in [3.05, 3.63) is 61.6 Å². The monoisotopic (exact) mass is 420 g/mol. The number of nitrogens with zero attached hydrogens (tertiary/aromatic N) is 1. The summed E-state index contributed by atoms with van der Waals surface area (Å²) >= 11 is 3.51. The van der Waals surface area contributed by atoms with Crippen LogP contribution in [0.4, 0.5) is 11.4 Å². The standard InChI is InChI=1S/C19H21BrN2O4/c1-11(2)15-9-16(20)12(3)8-18(15)26-10-19(23)21-17-6-5-14(22(24)25)7-13(17)4/h5-9,11H,10H2,1-4H3,(H,21,23). The van der Waals surface area contributed by atoms with Crippen LogP contribution < -0.4 is 10.1 Å². The van der Waals surface area contributed by atoms with Crippen LogP contribution in [0.15, 0.2) is 34.8 Å². The molecule has 1 amide bonds. The lowest BCUT2D eigenvalue weighted by molar-refractivity contribution is -0.384. The van der Waals surface area contributed by atoms with Crippen LogP contribution >= 0.6 is 15.9 Å². The third-order valence-corrected chi connectivity index (χ3v) is 4.82. The molecule has 0 saturated heterocycles. The van der Waals surface area contributed by atoms with Crippen molar-refractivity contribution in [3.63, 3.8) is 0 Å². The zero-order valence-electron chi connectivity index (χ0n) is 15.1. The second-order valence-corrected chi connectivity index (χ2v) is 7.24. The number of benzene rings is 2. The van der Waals surface area contributed by atoms with E-state index in [1.807, 2.05) is 19.1 Å². The Labute approximate surface area is 160 Å². The van der Waals surface area contributed by atoms with Gasteiger partial charge in [0.05, 0.1) is 4.92 Å². The molecule has 7 heteroatoms. The summed E-state index contributed by atoms with van der Waals surface area (Å²) in [7, 11) is 0. The Morgan fingerprint density at radius 2 is 1.92 bits per heavy atom. The third kappa shape index (κ3) is 4.82. The number of ether oxygens (including phenoxy) is 1. The second-order valence-electron chi connectivity index (χ2n) is 6.39. The van der Waals surface area contributed by atoms with E-state index in [1.54, 1.807) is 6.92 Å². The predicted octanol–water partition coefficient (Wildman–Crippen LogP) is 5.12. The minimum atomic E-state index is -0.467. The molecule has 0 aliphatic rings. The van der Waals surface area contributed by atoms with E-state index in [0.29, 0.717) is 17.0 Å². The van der Waals surface area contributed by atoms with Crippen molar-refractivity contribution in [2.45, 2.75) is 33.6 Å². The van der Waals surface area contributed by atoms with Gasteiger partial charge in [0.15, 0.2) is 6.61 Å². The van der Waals surface area contributed by atoms with E-state index in [4.69, 9.17) is 4.74 Å². The number of halogens is 1. The number of rotatable bonds is 6. The van der Waals surface area contributed by atoms with Gasteiger partial charge < -0.3 is 10.1 Å². The molecule has 138 valence electrons. The summed E-state index contributed by atoms with van der Waals surface area (Å²) in [5.41, 5.74) is 3.18. The number of hydrogen-bond acceptors (Lipinski definition) is 4. The molecule has 0 heterocycles. The highest BCUT2D eigenvalue weighted by Crippen LogP contribution is 2.32. The predicted molar refractivity (Wildman–Crippen MR) is 105 cm³/mol. The molecule has 0 spiro atoms. The molecule has 0 aliphatic heterocycles. The molecule has 0 aromatic heterocycles. The molecular formula is C19H21BrN2O4. The average molecular weight is 421 g/mol. The Bertz CT molecular complexity index is 850. The molecule has 0 atom stereocenters. The molecule has 6 nitrogen and oxygen atoms in total. The maximum atomic E-state index is 12.2. The normalized spacial score (nSPS) is 10.7. The molecule has 2 aromatic carbocycles. The van der Waals surface area contributed by atoms with Gasteiger partial charge in [-0.15, -0.1) is 0 Å². The SMILES string of the molecule is Cc1cc(OCC(=O)Nc2ccc([N+](=O)[O-])cc2C)c(C(C)C)cc1Br. The number of nitrogens with one attached hydrogen (secondary N) is 1. The van der Waals surface area contributed by atoms with Gasteiger partial charge in [-0.25, -0.2) is 0 Å². The van der Waals surface area contributed by atoms with E-state index in [1.165, 1.54) is 18.2 Å². The fourth-order valence-electron chi connectivity index (χ4n) is 2.48. The third-order valence-electron chi connectivity index (χ3n) is 3.97. The van der Waals surface area contributed by atoms with Gasteiger partial charge in [-0.05, 0) is 54.7 Å². The highest BCUT2D eigenvalue weighted by atomic mass is 79.9. The second kappa shape index (κ2) is 8.31. The first kappa shape index (κ1) is 19.9. The van der Waals surface area contributed by atoms with Crippen LogP contribution in [-0.2, 0) is 4.79 Å². The lowest BCUT2D eigenvalue weighted by Gasteiger charge is -2.16. The van der Waals surface area contributed by atoms with Crippen LogP contribution in [0.5, 0.6) is 5.75 Å². The Morgan fingerprint density at radius 1 is 1.23 bits per heavy atom. The van der Waals surface area contributed by atoms with Gasteiger partial charge in [-0.3, -0.25) is 14.9 Å². The van der Waals surface area contributed by atoms with Gasteiger partial charge in [0.1, 0.15) is 5.75 Å². The van der Waals surface area contributed by atoms with Crippen molar-refractivity contribution >= 4 is 33.2 Å². The Morgan fingerprint density at radius 3 is 2.50 bits per heavy atom. The highest BCUT2D eigenvalue weighted by molar-refractivity contribution is 9.10. The van der Waals surface area contributed by atoms with Crippen LogP contribution in [0, 0.1) is 24.0 Å². The van der Waals surface area contributed by atoms with Crippen molar-refractivity contribution in [2.75, 3.05) is 11.9 Å². The Balaban J connectivity index is 2.08. The number of non-ortho nitro benzene ring substituents is 1. The van der Waals surface area contributed by atoms with Crippen molar-refractivity contribution in [2.24, 2.45) is 0 Å². The molecule has 0 saturated carbocycles. The summed E-state index contributed by atoms with van der Waals surface area (Å²) in [4.78, 5) is 22.5. The molecule has 0 radical (unpaired) electrons. The van der Waals surface area contributed by atoms with Gasteiger partial charge in [-0.2, -0.15) is 0 Å². The summed E-state index contributed by atoms with van der Waals surface area (Å²) in [6, 6.07) is 8.22.